The van der Waals surface area contributed by atoms with Crippen LogP contribution in [0.3, 0.4) is 0 Å². The molecule has 0 saturated carbocycles. The van der Waals surface area contributed by atoms with E-state index in [0.29, 0.717) is 17.8 Å². The highest BCUT2D eigenvalue weighted by Crippen LogP contribution is 2.25. The van der Waals surface area contributed by atoms with Crippen molar-refractivity contribution >= 4 is 20.0 Å². The van der Waals surface area contributed by atoms with Crippen LogP contribution in [0.4, 0.5) is 4.39 Å². The first-order chi connectivity index (χ1) is 13.0. The summed E-state index contributed by atoms with van der Waals surface area (Å²) in [5.74, 6) is -0.636. The molecule has 3 rings (SSSR count). The minimum Gasteiger partial charge on any atom is -0.271 e. The van der Waals surface area contributed by atoms with Crippen LogP contribution in [-0.4, -0.2) is 61.4 Å². The smallest absolute Gasteiger partial charge is 0.246 e. The average Bonchev–Trinajstić information content (AvgIpc) is 2.81. The molecule has 28 heavy (non-hydrogen) atoms. The molecule has 8 nitrogen and oxygen atoms in total. The van der Waals surface area contributed by atoms with Gasteiger partial charge in [-0.2, -0.15) is 13.7 Å². The topological polar surface area (TPSA) is 92.6 Å². The van der Waals surface area contributed by atoms with Crippen LogP contribution < -0.4 is 0 Å². The monoisotopic (exact) mass is 430 g/mol. The molecule has 0 radical (unpaired) electrons. The number of aryl methyl sites for hydroxylation is 2. The second kappa shape index (κ2) is 7.54. The lowest BCUT2D eigenvalue weighted by Crippen LogP contribution is -2.37. The normalized spacial score (nSPS) is 17.6. The maximum Gasteiger partial charge on any atom is 0.246 e. The number of sulfonamides is 2. The molecule has 0 amide bonds. The molecule has 11 heteroatoms. The molecule has 0 atom stereocenters. The zero-order chi connectivity index (χ0) is 20.7. The van der Waals surface area contributed by atoms with Gasteiger partial charge in [-0.15, -0.1) is 0 Å². The molecule has 0 aliphatic carbocycles. The van der Waals surface area contributed by atoms with Gasteiger partial charge in [-0.25, -0.2) is 21.2 Å². The molecule has 1 saturated heterocycles. The summed E-state index contributed by atoms with van der Waals surface area (Å²) in [6.45, 7) is 3.70. The Morgan fingerprint density at radius 1 is 0.964 bits per heavy atom. The van der Waals surface area contributed by atoms with Crippen molar-refractivity contribution in [2.75, 3.05) is 26.2 Å². The Morgan fingerprint density at radius 3 is 2.11 bits per heavy atom. The average molecular weight is 431 g/mol. The Bertz CT molecular complexity index is 1100. The predicted molar refractivity (Wildman–Crippen MR) is 101 cm³/mol. The van der Waals surface area contributed by atoms with Crippen LogP contribution >= 0.6 is 0 Å². The number of hydrogen-bond donors (Lipinski definition) is 0. The minimum absolute atomic E-state index is 0.00354. The number of halogens is 1. The molecule has 1 aromatic carbocycles. The second-order valence-corrected chi connectivity index (χ2v) is 10.6. The van der Waals surface area contributed by atoms with Gasteiger partial charge in [-0.3, -0.25) is 4.68 Å². The van der Waals surface area contributed by atoms with Crippen LogP contribution in [0.5, 0.6) is 0 Å². The summed E-state index contributed by atoms with van der Waals surface area (Å²) in [5.41, 5.74) is 0.944. The molecule has 1 aromatic heterocycles. The highest BCUT2D eigenvalue weighted by molar-refractivity contribution is 7.89. The molecular weight excluding hydrogens is 407 g/mol. The van der Waals surface area contributed by atoms with Crippen molar-refractivity contribution in [2.24, 2.45) is 7.05 Å². The molecule has 0 unspecified atom stereocenters. The molecular formula is C17H23FN4O4S2. The maximum absolute atomic E-state index is 13.5. The first kappa shape index (κ1) is 20.9. The lowest BCUT2D eigenvalue weighted by Gasteiger charge is -2.22. The third-order valence-electron chi connectivity index (χ3n) is 4.89. The first-order valence-corrected chi connectivity index (χ1v) is 11.7. The number of hydrogen-bond acceptors (Lipinski definition) is 5. The van der Waals surface area contributed by atoms with Gasteiger partial charge in [0, 0.05) is 33.2 Å². The van der Waals surface area contributed by atoms with Gasteiger partial charge in [-0.1, -0.05) is 6.07 Å². The second-order valence-electron chi connectivity index (χ2n) is 6.74. The van der Waals surface area contributed by atoms with Crippen LogP contribution in [0, 0.1) is 19.7 Å². The highest BCUT2D eigenvalue weighted by Gasteiger charge is 2.34. The summed E-state index contributed by atoms with van der Waals surface area (Å²) in [4.78, 5) is 0.0270. The third-order valence-corrected chi connectivity index (χ3v) is 8.93. The van der Waals surface area contributed by atoms with E-state index in [4.69, 9.17) is 0 Å². The summed E-state index contributed by atoms with van der Waals surface area (Å²) in [6, 6.07) is 4.82. The van der Waals surface area contributed by atoms with E-state index in [1.54, 1.807) is 20.9 Å². The van der Waals surface area contributed by atoms with Gasteiger partial charge in [0.2, 0.25) is 20.0 Å². The van der Waals surface area contributed by atoms with Crippen molar-refractivity contribution in [1.29, 1.82) is 0 Å². The SMILES string of the molecule is Cc1nn(C)c(C)c1S(=O)(=O)N1CCCN(S(=O)(=O)c2cccc(F)c2)CC1. The quantitative estimate of drug-likeness (QED) is 0.728. The fourth-order valence-corrected chi connectivity index (χ4v) is 6.75. The van der Waals surface area contributed by atoms with Crippen molar-refractivity contribution < 1.29 is 21.2 Å². The highest BCUT2D eigenvalue weighted by atomic mass is 32.2. The third kappa shape index (κ3) is 3.71. The van der Waals surface area contributed by atoms with Gasteiger partial charge >= 0.3 is 0 Å². The van der Waals surface area contributed by atoms with Crippen LogP contribution in [0.2, 0.25) is 0 Å². The zero-order valence-corrected chi connectivity index (χ0v) is 17.6. The number of benzene rings is 1. The van der Waals surface area contributed by atoms with E-state index in [2.05, 4.69) is 5.10 Å². The number of nitrogens with zero attached hydrogens (tertiary/aromatic N) is 4. The summed E-state index contributed by atoms with van der Waals surface area (Å²) in [7, 11) is -6.02. The molecule has 1 aliphatic rings. The number of aromatic nitrogens is 2. The van der Waals surface area contributed by atoms with E-state index in [-0.39, 0.29) is 36.0 Å². The van der Waals surface area contributed by atoms with Crippen LogP contribution in [-0.2, 0) is 27.1 Å². The molecule has 2 heterocycles. The van der Waals surface area contributed by atoms with Crippen molar-refractivity contribution in [2.45, 2.75) is 30.1 Å². The van der Waals surface area contributed by atoms with Gasteiger partial charge in [0.15, 0.2) is 0 Å². The number of rotatable bonds is 4. The van der Waals surface area contributed by atoms with Crippen molar-refractivity contribution in [1.82, 2.24) is 18.4 Å². The summed E-state index contributed by atoms with van der Waals surface area (Å²) in [6.07, 6.45) is 0.339. The fourth-order valence-electron chi connectivity index (χ4n) is 3.38. The molecule has 0 spiro atoms. The summed E-state index contributed by atoms with van der Waals surface area (Å²) >= 11 is 0. The van der Waals surface area contributed by atoms with Crippen LogP contribution in [0.15, 0.2) is 34.1 Å². The van der Waals surface area contributed by atoms with E-state index in [9.17, 15) is 21.2 Å². The Labute approximate surface area is 164 Å². The van der Waals surface area contributed by atoms with E-state index < -0.39 is 25.9 Å². The minimum atomic E-state index is -3.90. The van der Waals surface area contributed by atoms with Gasteiger partial charge in [0.1, 0.15) is 10.7 Å². The van der Waals surface area contributed by atoms with Gasteiger partial charge in [0.05, 0.1) is 16.3 Å². The lowest BCUT2D eigenvalue weighted by atomic mass is 10.4. The summed E-state index contributed by atoms with van der Waals surface area (Å²) in [5, 5.41) is 4.17. The summed E-state index contributed by atoms with van der Waals surface area (Å²) < 4.78 is 69.3. The van der Waals surface area contributed by atoms with Crippen LogP contribution in [0.1, 0.15) is 17.8 Å². The molecule has 154 valence electrons. The van der Waals surface area contributed by atoms with Crippen molar-refractivity contribution in [3.63, 3.8) is 0 Å². The molecule has 1 aliphatic heterocycles. The lowest BCUT2D eigenvalue weighted by molar-refractivity contribution is 0.404. The Balaban J connectivity index is 1.85. The largest absolute Gasteiger partial charge is 0.271 e. The first-order valence-electron chi connectivity index (χ1n) is 8.81. The Morgan fingerprint density at radius 2 is 1.57 bits per heavy atom. The van der Waals surface area contributed by atoms with Crippen LogP contribution in [0.25, 0.3) is 0 Å². The molecule has 2 aromatic rings. The standard InChI is InChI=1S/C17H23FN4O4S2/c1-13-17(14(2)20(3)19-13)28(25,26)22-9-5-8-21(10-11-22)27(23,24)16-7-4-6-15(18)12-16/h4,6-7,12H,5,8-11H2,1-3H3. The van der Waals surface area contributed by atoms with E-state index in [1.165, 1.54) is 31.5 Å². The maximum atomic E-state index is 13.5. The van der Waals surface area contributed by atoms with E-state index >= 15 is 0 Å². The van der Waals surface area contributed by atoms with E-state index in [0.717, 1.165) is 6.07 Å². The molecule has 0 N–H and O–H groups in total. The van der Waals surface area contributed by atoms with Crippen molar-refractivity contribution in [3.05, 3.63) is 41.5 Å². The Hall–Kier alpha value is -1.82. The fraction of sp³-hybridized carbons (Fsp3) is 0.471. The van der Waals surface area contributed by atoms with Gasteiger partial charge in [-0.05, 0) is 38.5 Å². The van der Waals surface area contributed by atoms with Gasteiger partial charge < -0.3 is 0 Å². The molecule has 1 fully saturated rings. The van der Waals surface area contributed by atoms with E-state index in [1.807, 2.05) is 0 Å². The molecule has 0 bridgehead atoms. The van der Waals surface area contributed by atoms with Crippen molar-refractivity contribution in [3.8, 4) is 0 Å². The predicted octanol–water partition coefficient (Wildman–Crippen LogP) is 1.26. The Kier molecular flexibility index (Phi) is 5.63. The van der Waals surface area contributed by atoms with Gasteiger partial charge in [0.25, 0.3) is 0 Å². The zero-order valence-electron chi connectivity index (χ0n) is 16.0.